The van der Waals surface area contributed by atoms with Crippen molar-refractivity contribution in [2.24, 2.45) is 5.73 Å². The lowest BCUT2D eigenvalue weighted by molar-refractivity contribution is 0.671. The number of nitrogens with two attached hydrogens (primary N) is 1. The van der Waals surface area contributed by atoms with E-state index in [1.165, 1.54) is 15.3 Å². The molecule has 0 radical (unpaired) electrons. The second kappa shape index (κ2) is 6.37. The van der Waals surface area contributed by atoms with E-state index in [4.69, 9.17) is 17.3 Å². The lowest BCUT2D eigenvalue weighted by Gasteiger charge is -2.10. The van der Waals surface area contributed by atoms with Crippen molar-refractivity contribution in [3.05, 3.63) is 56.7 Å². The van der Waals surface area contributed by atoms with Crippen LogP contribution in [0.2, 0.25) is 5.02 Å². The summed E-state index contributed by atoms with van der Waals surface area (Å²) >= 11 is 7.74. The van der Waals surface area contributed by atoms with Crippen molar-refractivity contribution in [3.8, 4) is 0 Å². The van der Waals surface area contributed by atoms with Gasteiger partial charge < -0.3 is 5.73 Å². The van der Waals surface area contributed by atoms with Gasteiger partial charge in [-0.3, -0.25) is 0 Å². The highest BCUT2D eigenvalue weighted by molar-refractivity contribution is 7.11. The van der Waals surface area contributed by atoms with E-state index in [-0.39, 0.29) is 6.04 Å². The average Bonchev–Trinajstić information content (AvgIpc) is 2.79. The van der Waals surface area contributed by atoms with Crippen molar-refractivity contribution in [3.63, 3.8) is 0 Å². The molecule has 18 heavy (non-hydrogen) atoms. The molecule has 0 fully saturated rings. The van der Waals surface area contributed by atoms with E-state index in [2.05, 4.69) is 19.1 Å². The van der Waals surface area contributed by atoms with Crippen LogP contribution in [-0.4, -0.2) is 6.04 Å². The van der Waals surface area contributed by atoms with Gasteiger partial charge in [0.25, 0.3) is 0 Å². The van der Waals surface area contributed by atoms with Gasteiger partial charge in [0, 0.05) is 20.8 Å². The molecule has 96 valence electrons. The summed E-state index contributed by atoms with van der Waals surface area (Å²) in [4.78, 5) is 2.82. The number of aryl methyl sites for hydroxylation is 1. The molecule has 1 atom stereocenters. The second-order valence-corrected chi connectivity index (χ2v) is 6.21. The summed E-state index contributed by atoms with van der Waals surface area (Å²) in [5.41, 5.74) is 7.45. The van der Waals surface area contributed by atoms with Crippen molar-refractivity contribution in [2.45, 2.75) is 32.2 Å². The fourth-order valence-corrected chi connectivity index (χ4v) is 3.15. The van der Waals surface area contributed by atoms with E-state index >= 15 is 0 Å². The van der Waals surface area contributed by atoms with Crippen LogP contribution in [-0.2, 0) is 19.3 Å². The highest BCUT2D eigenvalue weighted by atomic mass is 35.5. The van der Waals surface area contributed by atoms with Gasteiger partial charge in [0.2, 0.25) is 0 Å². The number of halogens is 1. The van der Waals surface area contributed by atoms with Crippen LogP contribution in [0.1, 0.15) is 22.2 Å². The summed E-state index contributed by atoms with van der Waals surface area (Å²) in [5, 5.41) is 0.776. The first-order chi connectivity index (χ1) is 8.67. The van der Waals surface area contributed by atoms with Crippen molar-refractivity contribution in [1.29, 1.82) is 0 Å². The molecule has 2 N–H and O–H groups in total. The van der Waals surface area contributed by atoms with Gasteiger partial charge in [-0.05, 0) is 49.1 Å². The predicted molar refractivity (Wildman–Crippen MR) is 80.5 cm³/mol. The number of hydrogen-bond donors (Lipinski definition) is 1. The molecule has 1 nitrogen and oxygen atoms in total. The maximum absolute atomic E-state index is 6.20. The maximum atomic E-state index is 6.20. The Kier molecular flexibility index (Phi) is 4.81. The molecule has 0 bridgehead atoms. The lowest BCUT2D eigenvalue weighted by atomic mass is 10.0. The van der Waals surface area contributed by atoms with E-state index in [0.29, 0.717) is 0 Å². The van der Waals surface area contributed by atoms with E-state index in [9.17, 15) is 0 Å². The smallest absolute Gasteiger partial charge is 0.0406 e. The third kappa shape index (κ3) is 3.84. The zero-order valence-electron chi connectivity index (χ0n) is 10.5. The molecule has 2 aromatic rings. The molecular formula is C15H18ClNS. The number of benzene rings is 1. The summed E-state index contributed by atoms with van der Waals surface area (Å²) in [7, 11) is 0. The summed E-state index contributed by atoms with van der Waals surface area (Å²) < 4.78 is 0. The second-order valence-electron chi connectivity index (χ2n) is 4.52. The highest BCUT2D eigenvalue weighted by Gasteiger charge is 2.07. The molecule has 1 aromatic carbocycles. The van der Waals surface area contributed by atoms with Crippen LogP contribution in [0.3, 0.4) is 0 Å². The Hall–Kier alpha value is -0.830. The number of rotatable bonds is 5. The first-order valence-corrected chi connectivity index (χ1v) is 7.44. The van der Waals surface area contributed by atoms with Crippen molar-refractivity contribution in [1.82, 2.24) is 0 Å². The number of thiophene rings is 1. The zero-order chi connectivity index (χ0) is 13.0. The Bertz CT molecular complexity index is 489. The fourth-order valence-electron chi connectivity index (χ4n) is 1.98. The zero-order valence-corrected chi connectivity index (χ0v) is 12.1. The first-order valence-electron chi connectivity index (χ1n) is 6.25. The summed E-state index contributed by atoms with van der Waals surface area (Å²) in [5.74, 6) is 0. The summed E-state index contributed by atoms with van der Waals surface area (Å²) in [6.07, 6.45) is 2.96. The van der Waals surface area contributed by atoms with Gasteiger partial charge in [0.15, 0.2) is 0 Å². The molecule has 0 amide bonds. The molecular weight excluding hydrogens is 262 g/mol. The molecule has 0 aliphatic heterocycles. The Morgan fingerprint density at radius 1 is 1.06 bits per heavy atom. The lowest BCUT2D eigenvalue weighted by Crippen LogP contribution is -2.25. The highest BCUT2D eigenvalue weighted by Crippen LogP contribution is 2.19. The third-order valence-corrected chi connectivity index (χ3v) is 4.44. The van der Waals surface area contributed by atoms with Crippen LogP contribution in [0.4, 0.5) is 0 Å². The van der Waals surface area contributed by atoms with Crippen molar-refractivity contribution >= 4 is 22.9 Å². The molecule has 1 unspecified atom stereocenters. The molecule has 0 saturated heterocycles. The molecule has 2 rings (SSSR count). The van der Waals surface area contributed by atoms with Gasteiger partial charge in [-0.2, -0.15) is 0 Å². The molecule has 0 aliphatic carbocycles. The van der Waals surface area contributed by atoms with Crippen LogP contribution in [0, 0.1) is 0 Å². The Balaban J connectivity index is 1.91. The van der Waals surface area contributed by atoms with Gasteiger partial charge in [-0.1, -0.05) is 30.7 Å². The summed E-state index contributed by atoms with van der Waals surface area (Å²) in [6.45, 7) is 2.18. The maximum Gasteiger partial charge on any atom is 0.0406 e. The topological polar surface area (TPSA) is 26.0 Å². The van der Waals surface area contributed by atoms with E-state index in [1.54, 1.807) is 0 Å². The monoisotopic (exact) mass is 279 g/mol. The minimum atomic E-state index is 0.175. The van der Waals surface area contributed by atoms with Gasteiger partial charge in [0.05, 0.1) is 0 Å². The quantitative estimate of drug-likeness (QED) is 0.877. The Morgan fingerprint density at radius 2 is 1.72 bits per heavy atom. The van der Waals surface area contributed by atoms with Crippen LogP contribution in [0.25, 0.3) is 0 Å². The van der Waals surface area contributed by atoms with Crippen LogP contribution >= 0.6 is 22.9 Å². The van der Waals surface area contributed by atoms with Crippen LogP contribution in [0.5, 0.6) is 0 Å². The minimum absolute atomic E-state index is 0.175. The predicted octanol–water partition coefficient (Wildman–Crippen LogP) is 4.08. The number of hydrogen-bond acceptors (Lipinski definition) is 2. The van der Waals surface area contributed by atoms with Gasteiger partial charge in [-0.25, -0.2) is 0 Å². The van der Waals surface area contributed by atoms with Crippen molar-refractivity contribution in [2.75, 3.05) is 0 Å². The van der Waals surface area contributed by atoms with Gasteiger partial charge in [-0.15, -0.1) is 11.3 Å². The fraction of sp³-hybridized carbons (Fsp3) is 0.333. The largest absolute Gasteiger partial charge is 0.327 e. The third-order valence-electron chi connectivity index (χ3n) is 2.94. The van der Waals surface area contributed by atoms with E-state index < -0.39 is 0 Å². The molecule has 1 aromatic heterocycles. The van der Waals surface area contributed by atoms with Gasteiger partial charge in [0.1, 0.15) is 0 Å². The van der Waals surface area contributed by atoms with Crippen LogP contribution in [0.15, 0.2) is 36.4 Å². The molecule has 1 heterocycles. The summed E-state index contributed by atoms with van der Waals surface area (Å²) in [6, 6.07) is 12.5. The molecule has 0 spiro atoms. The van der Waals surface area contributed by atoms with Gasteiger partial charge >= 0.3 is 0 Å². The molecule has 0 saturated carbocycles. The van der Waals surface area contributed by atoms with Crippen molar-refractivity contribution < 1.29 is 0 Å². The first kappa shape index (κ1) is 13.6. The standard InChI is InChI=1S/C15H18ClNS/c1-2-14-7-8-15(18-14)10-13(17)9-11-3-5-12(16)6-4-11/h3-8,13H,2,9-10,17H2,1H3. The Morgan fingerprint density at radius 3 is 2.33 bits per heavy atom. The van der Waals surface area contributed by atoms with E-state index in [1.807, 2.05) is 35.6 Å². The Labute approximate surface area is 118 Å². The molecule has 0 aliphatic rings. The minimum Gasteiger partial charge on any atom is -0.327 e. The SMILES string of the molecule is CCc1ccc(CC(N)Cc2ccc(Cl)cc2)s1. The van der Waals surface area contributed by atoms with Crippen LogP contribution < -0.4 is 5.73 Å². The van der Waals surface area contributed by atoms with E-state index in [0.717, 1.165) is 24.3 Å². The average molecular weight is 280 g/mol. The molecule has 3 heteroatoms. The normalized spacial score (nSPS) is 12.6.